The van der Waals surface area contributed by atoms with Crippen molar-refractivity contribution < 1.29 is 24.5 Å². The Morgan fingerprint density at radius 1 is 1.33 bits per heavy atom. The summed E-state index contributed by atoms with van der Waals surface area (Å²) >= 11 is 0. The summed E-state index contributed by atoms with van der Waals surface area (Å²) in [5.41, 5.74) is -1.02. The SMILES string of the molecule is C=C(C)CNC(=O)C(c1cn(C(C)C)cn1)N(C(=O)CC(C)(O)COC)C(C)(C)CCCO. The number of nitrogens with zero attached hydrogens (tertiary/aromatic N) is 3. The molecule has 2 atom stereocenters. The number of ether oxygens (including phenoxy) is 1. The Morgan fingerprint density at radius 2 is 1.97 bits per heavy atom. The van der Waals surface area contributed by atoms with Gasteiger partial charge in [-0.3, -0.25) is 9.59 Å². The predicted molar refractivity (Wildman–Crippen MR) is 128 cm³/mol. The van der Waals surface area contributed by atoms with Crippen molar-refractivity contribution in [3.63, 3.8) is 0 Å². The van der Waals surface area contributed by atoms with Crippen LogP contribution in [0.2, 0.25) is 0 Å². The van der Waals surface area contributed by atoms with Crippen LogP contribution in [0, 0.1) is 0 Å². The zero-order valence-corrected chi connectivity index (χ0v) is 21.2. The van der Waals surface area contributed by atoms with E-state index in [1.165, 1.54) is 18.9 Å². The van der Waals surface area contributed by atoms with Crippen LogP contribution >= 0.6 is 0 Å². The van der Waals surface area contributed by atoms with Gasteiger partial charge in [0.25, 0.3) is 0 Å². The van der Waals surface area contributed by atoms with E-state index in [1.54, 1.807) is 19.4 Å². The minimum atomic E-state index is -1.41. The average Bonchev–Trinajstić information content (AvgIpc) is 3.17. The van der Waals surface area contributed by atoms with Gasteiger partial charge in [0.2, 0.25) is 11.8 Å². The van der Waals surface area contributed by atoms with E-state index in [-0.39, 0.29) is 38.1 Å². The van der Waals surface area contributed by atoms with E-state index in [0.29, 0.717) is 18.5 Å². The number of amides is 2. The van der Waals surface area contributed by atoms with Crippen molar-refractivity contribution in [2.24, 2.45) is 0 Å². The van der Waals surface area contributed by atoms with Crippen LogP contribution in [-0.4, -0.2) is 74.5 Å². The second-order valence-corrected chi connectivity index (χ2v) is 9.93. The van der Waals surface area contributed by atoms with Gasteiger partial charge in [0.1, 0.15) is 0 Å². The number of carbonyl (C=O) groups is 2. The first-order valence-electron chi connectivity index (χ1n) is 11.4. The maximum atomic E-state index is 13.7. The highest BCUT2D eigenvalue weighted by Gasteiger charge is 2.43. The molecule has 1 aromatic rings. The molecule has 9 heteroatoms. The number of hydrogen-bond acceptors (Lipinski definition) is 6. The molecule has 0 saturated heterocycles. The number of nitrogens with one attached hydrogen (secondary N) is 1. The summed E-state index contributed by atoms with van der Waals surface area (Å²) in [5, 5.41) is 22.9. The minimum Gasteiger partial charge on any atom is -0.396 e. The van der Waals surface area contributed by atoms with Gasteiger partial charge >= 0.3 is 0 Å². The largest absolute Gasteiger partial charge is 0.396 e. The van der Waals surface area contributed by atoms with E-state index in [0.717, 1.165) is 5.57 Å². The molecule has 0 aliphatic heterocycles. The van der Waals surface area contributed by atoms with Crippen LogP contribution in [-0.2, 0) is 14.3 Å². The molecule has 188 valence electrons. The Balaban J connectivity index is 3.55. The highest BCUT2D eigenvalue weighted by molar-refractivity contribution is 5.89. The lowest BCUT2D eigenvalue weighted by Crippen LogP contribution is -2.55. The normalized spacial score (nSPS) is 14.6. The van der Waals surface area contributed by atoms with Gasteiger partial charge in [-0.25, -0.2) is 4.98 Å². The van der Waals surface area contributed by atoms with Gasteiger partial charge < -0.3 is 29.7 Å². The van der Waals surface area contributed by atoms with Crippen LogP contribution < -0.4 is 5.32 Å². The predicted octanol–water partition coefficient (Wildman–Crippen LogP) is 2.36. The monoisotopic (exact) mass is 466 g/mol. The number of hydrogen-bond donors (Lipinski definition) is 3. The third-order valence-electron chi connectivity index (χ3n) is 5.42. The first-order valence-corrected chi connectivity index (χ1v) is 11.4. The number of imidazole rings is 1. The molecular weight excluding hydrogens is 424 g/mol. The number of methoxy groups -OCH3 is 1. The second-order valence-electron chi connectivity index (χ2n) is 9.93. The van der Waals surface area contributed by atoms with Crippen molar-refractivity contribution in [2.75, 3.05) is 26.9 Å². The van der Waals surface area contributed by atoms with Crippen molar-refractivity contribution in [3.8, 4) is 0 Å². The van der Waals surface area contributed by atoms with Crippen LogP contribution in [0.5, 0.6) is 0 Å². The zero-order chi connectivity index (χ0) is 25.4. The van der Waals surface area contributed by atoms with Crippen molar-refractivity contribution >= 4 is 11.8 Å². The topological polar surface area (TPSA) is 117 Å². The third-order valence-corrected chi connectivity index (χ3v) is 5.42. The molecule has 0 fully saturated rings. The molecule has 0 aliphatic carbocycles. The Hall–Kier alpha value is -2.23. The fraction of sp³-hybridized carbons (Fsp3) is 0.708. The van der Waals surface area contributed by atoms with Gasteiger partial charge in [0, 0.05) is 38.0 Å². The summed E-state index contributed by atoms with van der Waals surface area (Å²) in [6, 6.07) is -0.900. The van der Waals surface area contributed by atoms with E-state index >= 15 is 0 Å². The first kappa shape index (κ1) is 28.8. The summed E-state index contributed by atoms with van der Waals surface area (Å²) in [6.45, 7) is 15.1. The Morgan fingerprint density at radius 3 is 2.45 bits per heavy atom. The van der Waals surface area contributed by atoms with Gasteiger partial charge in [-0.1, -0.05) is 12.2 Å². The highest BCUT2D eigenvalue weighted by Crippen LogP contribution is 2.33. The molecule has 0 saturated carbocycles. The van der Waals surface area contributed by atoms with Gasteiger partial charge in [-0.05, 0) is 54.4 Å². The molecule has 1 rings (SSSR count). The van der Waals surface area contributed by atoms with E-state index in [9.17, 15) is 19.8 Å². The van der Waals surface area contributed by atoms with E-state index in [4.69, 9.17) is 4.74 Å². The summed E-state index contributed by atoms with van der Waals surface area (Å²) in [5.74, 6) is -0.793. The highest BCUT2D eigenvalue weighted by atomic mass is 16.5. The molecule has 3 N–H and O–H groups in total. The molecule has 0 radical (unpaired) electrons. The fourth-order valence-electron chi connectivity index (χ4n) is 3.73. The van der Waals surface area contributed by atoms with E-state index < -0.39 is 23.1 Å². The number of aromatic nitrogens is 2. The van der Waals surface area contributed by atoms with Gasteiger partial charge in [-0.2, -0.15) is 0 Å². The van der Waals surface area contributed by atoms with Crippen LogP contribution in [0.25, 0.3) is 0 Å². The lowest BCUT2D eigenvalue weighted by molar-refractivity contribution is -0.153. The summed E-state index contributed by atoms with van der Waals surface area (Å²) in [4.78, 5) is 33.1. The van der Waals surface area contributed by atoms with Crippen LogP contribution in [0.4, 0.5) is 0 Å². The fourth-order valence-corrected chi connectivity index (χ4v) is 3.73. The smallest absolute Gasteiger partial charge is 0.249 e. The van der Waals surface area contributed by atoms with Gasteiger partial charge in [0.15, 0.2) is 6.04 Å². The van der Waals surface area contributed by atoms with E-state index in [1.807, 2.05) is 32.3 Å². The van der Waals surface area contributed by atoms with Crippen LogP contribution in [0.3, 0.4) is 0 Å². The van der Waals surface area contributed by atoms with Crippen molar-refractivity contribution in [1.82, 2.24) is 19.8 Å². The molecule has 2 unspecified atom stereocenters. The van der Waals surface area contributed by atoms with Gasteiger partial charge in [0.05, 0.1) is 30.7 Å². The summed E-state index contributed by atoms with van der Waals surface area (Å²) < 4.78 is 6.94. The molecular formula is C24H42N4O5. The molecule has 1 heterocycles. The van der Waals surface area contributed by atoms with Gasteiger partial charge in [-0.15, -0.1) is 0 Å². The molecule has 1 aromatic heterocycles. The molecule has 0 aliphatic rings. The first-order chi connectivity index (χ1) is 15.3. The van der Waals surface area contributed by atoms with Crippen molar-refractivity contribution in [2.45, 2.75) is 84.0 Å². The number of carbonyl (C=O) groups excluding carboxylic acids is 2. The minimum absolute atomic E-state index is 0.0296. The third kappa shape index (κ3) is 8.57. The zero-order valence-electron chi connectivity index (χ0n) is 21.2. The number of aliphatic hydroxyl groups is 2. The van der Waals surface area contributed by atoms with Crippen molar-refractivity contribution in [1.29, 1.82) is 0 Å². The second kappa shape index (κ2) is 12.3. The quantitative estimate of drug-likeness (QED) is 0.363. The Labute approximate surface area is 197 Å². The Kier molecular flexibility index (Phi) is 10.7. The lowest BCUT2D eigenvalue weighted by Gasteiger charge is -2.44. The Bertz CT molecular complexity index is 801. The summed E-state index contributed by atoms with van der Waals surface area (Å²) in [7, 11) is 1.45. The standard InChI is InChI=1S/C24H42N4O5/c1-17(2)13-25-22(31)21(19-14-27(16-26-19)18(3)4)28(23(5,6)10-9-11-29)20(30)12-24(7,32)15-33-8/h14,16,18,21,29,32H,1,9-13,15H2,2-8H3,(H,25,31). The number of rotatable bonds is 14. The van der Waals surface area contributed by atoms with Crippen molar-refractivity contribution in [3.05, 3.63) is 30.4 Å². The molecule has 0 bridgehead atoms. The molecule has 33 heavy (non-hydrogen) atoms. The summed E-state index contributed by atoms with van der Waals surface area (Å²) in [6.07, 6.45) is 4.08. The lowest BCUT2D eigenvalue weighted by atomic mass is 9.90. The maximum Gasteiger partial charge on any atom is 0.249 e. The molecule has 0 aromatic carbocycles. The maximum absolute atomic E-state index is 13.7. The molecule has 0 spiro atoms. The molecule has 9 nitrogen and oxygen atoms in total. The van der Waals surface area contributed by atoms with Crippen LogP contribution in [0.1, 0.15) is 78.6 Å². The number of aliphatic hydroxyl groups excluding tert-OH is 1. The van der Waals surface area contributed by atoms with E-state index in [2.05, 4.69) is 16.9 Å². The molecule has 2 amide bonds. The van der Waals surface area contributed by atoms with Crippen LogP contribution in [0.15, 0.2) is 24.7 Å². The average molecular weight is 467 g/mol.